The summed E-state index contributed by atoms with van der Waals surface area (Å²) in [5, 5.41) is 0. The molecule has 0 aromatic carbocycles. The van der Waals surface area contributed by atoms with Crippen LogP contribution < -0.4 is 51.4 Å². The number of alkyl halides is 4. The van der Waals surface area contributed by atoms with Crippen molar-refractivity contribution in [1.29, 1.82) is 0 Å². The monoisotopic (exact) mass is 220 g/mol. The Kier molecular flexibility index (Phi) is 3.43. The van der Waals surface area contributed by atoms with Crippen molar-refractivity contribution in [3.8, 4) is 0 Å². The van der Waals surface area contributed by atoms with Gasteiger partial charge < -0.3 is 12.9 Å². The van der Waals surface area contributed by atoms with Crippen molar-refractivity contribution in [2.75, 3.05) is 0 Å². The summed E-state index contributed by atoms with van der Waals surface area (Å²) in [6.07, 6.45) is 0. The molecule has 0 bridgehead atoms. The van der Waals surface area contributed by atoms with Crippen LogP contribution in [-0.4, -0.2) is 18.8 Å². The van der Waals surface area contributed by atoms with Gasteiger partial charge >= 0.3 is 58.4 Å². The third kappa shape index (κ3) is 1.70. The van der Waals surface area contributed by atoms with E-state index in [4.69, 9.17) is 0 Å². The molecule has 0 aromatic heterocycles. The summed E-state index contributed by atoms with van der Waals surface area (Å²) in [5.74, 6) is -13.5. The van der Waals surface area contributed by atoms with E-state index in [1.165, 1.54) is 0 Å². The molecule has 0 N–H and O–H groups in total. The third-order valence-electron chi connectivity index (χ3n) is 1.52. The van der Waals surface area contributed by atoms with Crippen LogP contribution in [0.2, 0.25) is 5.82 Å². The average molecular weight is 220 g/mol. The number of rotatable bonds is 1. The minimum absolute atomic E-state index is 0. The van der Waals surface area contributed by atoms with E-state index >= 15 is 0 Å². The predicted molar refractivity (Wildman–Crippen MR) is 22.7 cm³/mol. The smallest absolute Gasteiger partial charge is 0.448 e. The van der Waals surface area contributed by atoms with Crippen LogP contribution in [0.3, 0.4) is 0 Å². The molecule has 0 heterocycles. The molecule has 66 valence electrons. The quantitative estimate of drug-likeness (QED) is 0.412. The molecule has 0 atom stereocenters. The molecular formula is C3HBF7K. The molecular weight excluding hydrogens is 219 g/mol. The van der Waals surface area contributed by atoms with Gasteiger partial charge in [0.25, 0.3) is 11.8 Å². The summed E-state index contributed by atoms with van der Waals surface area (Å²) >= 11 is 0. The third-order valence-corrected chi connectivity index (χ3v) is 1.52. The summed E-state index contributed by atoms with van der Waals surface area (Å²) < 4.78 is 80.5. The van der Waals surface area contributed by atoms with Crippen molar-refractivity contribution < 1.29 is 81.9 Å². The van der Waals surface area contributed by atoms with Crippen LogP contribution in [0.1, 0.15) is 0 Å². The standard InChI is InChI=1S/C3HBF7.K/c5-2(6)1(3(2,7)8)4(9,10)11;/h1H;/q-1;+1. The van der Waals surface area contributed by atoms with Gasteiger partial charge in [-0.15, -0.1) is 0 Å². The van der Waals surface area contributed by atoms with E-state index in [1.807, 2.05) is 0 Å². The van der Waals surface area contributed by atoms with Crippen LogP contribution >= 0.6 is 0 Å². The van der Waals surface area contributed by atoms with Gasteiger partial charge in [0.15, 0.2) is 0 Å². The number of hydrogen-bond donors (Lipinski definition) is 0. The fourth-order valence-electron chi connectivity index (χ4n) is 0.840. The van der Waals surface area contributed by atoms with E-state index < -0.39 is 24.6 Å². The Labute approximate surface area is 105 Å². The second-order valence-corrected chi connectivity index (χ2v) is 2.35. The van der Waals surface area contributed by atoms with E-state index in [-0.39, 0.29) is 51.4 Å². The fraction of sp³-hybridized carbons (Fsp3) is 1.00. The van der Waals surface area contributed by atoms with E-state index in [0.717, 1.165) is 0 Å². The topological polar surface area (TPSA) is 0 Å². The Bertz CT molecular complexity index is 172. The maximum absolute atomic E-state index is 11.6. The minimum atomic E-state index is -6.14. The zero-order chi connectivity index (χ0) is 9.08. The molecule has 0 radical (unpaired) electrons. The number of hydrogen-bond acceptors (Lipinski definition) is 0. The van der Waals surface area contributed by atoms with Crippen molar-refractivity contribution in [3.05, 3.63) is 0 Å². The second kappa shape index (κ2) is 3.11. The molecule has 1 rings (SSSR count). The zero-order valence-electron chi connectivity index (χ0n) is 5.80. The Hall–Kier alpha value is 1.21. The average Bonchev–Trinajstić information content (AvgIpc) is 1.93. The molecule has 12 heavy (non-hydrogen) atoms. The molecule has 9 heteroatoms. The maximum atomic E-state index is 11.6. The van der Waals surface area contributed by atoms with E-state index in [9.17, 15) is 30.5 Å². The van der Waals surface area contributed by atoms with Crippen molar-refractivity contribution in [2.45, 2.75) is 17.7 Å². The van der Waals surface area contributed by atoms with Crippen molar-refractivity contribution in [3.63, 3.8) is 0 Å². The van der Waals surface area contributed by atoms with Gasteiger partial charge in [-0.1, -0.05) is 0 Å². The first kappa shape index (κ1) is 13.2. The maximum Gasteiger partial charge on any atom is 1.00 e. The molecule has 0 aliphatic heterocycles. The van der Waals surface area contributed by atoms with Gasteiger partial charge in [-0.25, -0.2) is 17.6 Å². The van der Waals surface area contributed by atoms with E-state index in [2.05, 4.69) is 0 Å². The molecule has 0 aromatic rings. The van der Waals surface area contributed by atoms with Gasteiger partial charge in [0.2, 0.25) is 0 Å². The Morgan fingerprint density at radius 2 is 1.08 bits per heavy atom. The number of halogens is 7. The summed E-state index contributed by atoms with van der Waals surface area (Å²) in [5.41, 5.74) is 0. The van der Waals surface area contributed by atoms with Gasteiger partial charge in [-0.3, -0.25) is 0 Å². The van der Waals surface area contributed by atoms with E-state index in [0.29, 0.717) is 0 Å². The summed E-state index contributed by atoms with van der Waals surface area (Å²) in [7, 11) is 0. The molecule has 0 amide bonds. The molecule has 0 nitrogen and oxygen atoms in total. The van der Waals surface area contributed by atoms with Gasteiger partial charge in [-0.05, 0) is 0 Å². The molecule has 1 fully saturated rings. The van der Waals surface area contributed by atoms with Crippen molar-refractivity contribution >= 4 is 6.98 Å². The van der Waals surface area contributed by atoms with Gasteiger partial charge in [0, 0.05) is 0 Å². The van der Waals surface area contributed by atoms with Gasteiger partial charge in [0.1, 0.15) is 0 Å². The molecule has 1 saturated carbocycles. The van der Waals surface area contributed by atoms with Gasteiger partial charge in [0.05, 0.1) is 5.82 Å². The van der Waals surface area contributed by atoms with Crippen LogP contribution in [0.5, 0.6) is 0 Å². The molecule has 0 saturated heterocycles. The second-order valence-electron chi connectivity index (χ2n) is 2.35. The van der Waals surface area contributed by atoms with E-state index in [1.54, 1.807) is 0 Å². The largest absolute Gasteiger partial charge is 1.00 e. The van der Waals surface area contributed by atoms with Crippen LogP contribution in [0.15, 0.2) is 0 Å². The predicted octanol–water partition coefficient (Wildman–Crippen LogP) is -0.508. The Morgan fingerprint density at radius 3 is 1.08 bits per heavy atom. The summed E-state index contributed by atoms with van der Waals surface area (Å²) in [4.78, 5) is 0. The summed E-state index contributed by atoms with van der Waals surface area (Å²) in [6.45, 7) is -6.14. The Balaban J connectivity index is 0.00000121. The van der Waals surface area contributed by atoms with Crippen LogP contribution in [0.4, 0.5) is 30.5 Å². The van der Waals surface area contributed by atoms with Crippen LogP contribution in [-0.2, 0) is 0 Å². The first-order chi connectivity index (χ1) is 4.62. The zero-order valence-corrected chi connectivity index (χ0v) is 8.92. The first-order valence-electron chi connectivity index (χ1n) is 2.57. The summed E-state index contributed by atoms with van der Waals surface area (Å²) in [6, 6.07) is 0. The van der Waals surface area contributed by atoms with Crippen molar-refractivity contribution in [1.82, 2.24) is 0 Å². The van der Waals surface area contributed by atoms with Crippen molar-refractivity contribution in [2.24, 2.45) is 0 Å². The molecule has 1 aliphatic carbocycles. The Morgan fingerprint density at radius 1 is 0.833 bits per heavy atom. The normalized spacial score (nSPS) is 26.2. The molecule has 1 aliphatic rings. The minimum Gasteiger partial charge on any atom is -0.448 e. The SMILES string of the molecule is F[B-](F)(F)C1C(F)(F)C1(F)F.[K+]. The molecule has 0 unspecified atom stereocenters. The van der Waals surface area contributed by atoms with Crippen LogP contribution in [0, 0.1) is 0 Å². The van der Waals surface area contributed by atoms with Gasteiger partial charge in [-0.2, -0.15) is 0 Å². The fourth-order valence-corrected chi connectivity index (χ4v) is 0.840. The molecule has 0 spiro atoms. The van der Waals surface area contributed by atoms with Crippen LogP contribution in [0.25, 0.3) is 0 Å². The first-order valence-corrected chi connectivity index (χ1v) is 2.57.